The highest BCUT2D eigenvalue weighted by Crippen LogP contribution is 2.32. The first kappa shape index (κ1) is 14.2. The fourth-order valence-electron chi connectivity index (χ4n) is 1.81. The minimum atomic E-state index is -4.47. The largest absolute Gasteiger partial charge is 0.389 e. The van der Waals surface area contributed by atoms with Crippen LogP contribution in [-0.4, -0.2) is 29.3 Å². The lowest BCUT2D eigenvalue weighted by Gasteiger charge is -2.14. The molecule has 0 aromatic carbocycles. The Labute approximate surface area is 116 Å². The lowest BCUT2D eigenvalue weighted by Crippen LogP contribution is -2.20. The third-order valence-corrected chi connectivity index (χ3v) is 4.23. The number of nitrogens with zero attached hydrogens (tertiary/aromatic N) is 2. The van der Waals surface area contributed by atoms with Crippen molar-refractivity contribution >= 4 is 27.4 Å². The van der Waals surface area contributed by atoms with Crippen molar-refractivity contribution in [3.63, 3.8) is 0 Å². The van der Waals surface area contributed by atoms with Crippen molar-refractivity contribution in [2.75, 3.05) is 0 Å². The summed E-state index contributed by atoms with van der Waals surface area (Å²) in [6.45, 7) is 5.19. The molecule has 104 valence electrons. The van der Waals surface area contributed by atoms with Crippen LogP contribution in [0.5, 0.6) is 0 Å². The van der Waals surface area contributed by atoms with Crippen LogP contribution < -0.4 is 0 Å². The van der Waals surface area contributed by atoms with Gasteiger partial charge in [0.1, 0.15) is 10.5 Å². The highest BCUT2D eigenvalue weighted by Gasteiger charge is 2.34. The van der Waals surface area contributed by atoms with Gasteiger partial charge >= 0.3 is 0 Å². The molecule has 19 heavy (non-hydrogen) atoms. The molecule has 6 nitrogen and oxygen atoms in total. The molecule has 2 heterocycles. The van der Waals surface area contributed by atoms with Crippen LogP contribution in [0.2, 0.25) is 5.02 Å². The van der Waals surface area contributed by atoms with Gasteiger partial charge in [0.05, 0.1) is 16.4 Å². The van der Waals surface area contributed by atoms with E-state index in [1.165, 1.54) is 6.20 Å². The Kier molecular flexibility index (Phi) is 3.32. The molecule has 8 heteroatoms. The molecule has 2 rings (SSSR count). The van der Waals surface area contributed by atoms with Gasteiger partial charge in [0.25, 0.3) is 10.1 Å². The van der Waals surface area contributed by atoms with E-state index in [1.54, 1.807) is 6.92 Å². The van der Waals surface area contributed by atoms with E-state index >= 15 is 0 Å². The number of aryl methyl sites for hydroxylation is 1. The zero-order valence-corrected chi connectivity index (χ0v) is 12.2. The number of hydrogen-bond donors (Lipinski definition) is 1. The van der Waals surface area contributed by atoms with Crippen LogP contribution in [0.4, 0.5) is 0 Å². The maximum Gasteiger partial charge on any atom is 0.296 e. The normalized spacial score (nSPS) is 18.1. The van der Waals surface area contributed by atoms with Crippen molar-refractivity contribution in [3.8, 4) is 0 Å². The molecule has 0 saturated heterocycles. The number of hydrogen-bond acceptors (Lipinski definition) is 5. The number of oxime groups is 1. The first-order chi connectivity index (χ1) is 8.62. The molecule has 1 aromatic rings. The summed E-state index contributed by atoms with van der Waals surface area (Å²) in [6, 6.07) is 0. The third kappa shape index (κ3) is 2.72. The van der Waals surface area contributed by atoms with E-state index in [4.69, 9.17) is 16.4 Å². The molecule has 0 aliphatic carbocycles. The second kappa shape index (κ2) is 4.43. The van der Waals surface area contributed by atoms with Crippen LogP contribution >= 0.6 is 11.6 Å². The van der Waals surface area contributed by atoms with E-state index in [0.717, 1.165) is 0 Å². The van der Waals surface area contributed by atoms with Crippen molar-refractivity contribution in [1.82, 2.24) is 4.98 Å². The molecule has 0 unspecified atom stereocenters. The maximum absolute atomic E-state index is 11.5. The average molecular weight is 305 g/mol. The van der Waals surface area contributed by atoms with Gasteiger partial charge in [0, 0.05) is 18.2 Å². The van der Waals surface area contributed by atoms with Gasteiger partial charge in [-0.2, -0.15) is 8.42 Å². The van der Waals surface area contributed by atoms with Gasteiger partial charge < -0.3 is 4.84 Å². The molecule has 0 bridgehead atoms. The standard InChI is InChI=1S/C11H13ClN2O4S/c1-6-9(12)10(19(15,16)17)7(5-13-6)8-4-11(2,3)18-14-8/h5H,4H2,1-3H3,(H,15,16,17). The molecule has 1 aliphatic rings. The monoisotopic (exact) mass is 304 g/mol. The highest BCUT2D eigenvalue weighted by molar-refractivity contribution is 7.86. The Balaban J connectivity index is 2.63. The molecule has 1 aliphatic heterocycles. The maximum atomic E-state index is 11.5. The van der Waals surface area contributed by atoms with Gasteiger partial charge in [-0.05, 0) is 20.8 Å². The number of halogens is 1. The highest BCUT2D eigenvalue weighted by atomic mass is 35.5. The number of pyridine rings is 1. The summed E-state index contributed by atoms with van der Waals surface area (Å²) in [7, 11) is -4.47. The molecule has 1 aromatic heterocycles. The smallest absolute Gasteiger partial charge is 0.296 e. The predicted molar refractivity (Wildman–Crippen MR) is 70.1 cm³/mol. The quantitative estimate of drug-likeness (QED) is 0.846. The van der Waals surface area contributed by atoms with Gasteiger partial charge in [-0.1, -0.05) is 16.8 Å². The van der Waals surface area contributed by atoms with Gasteiger partial charge in [-0.15, -0.1) is 0 Å². The van der Waals surface area contributed by atoms with Crippen molar-refractivity contribution in [2.24, 2.45) is 5.16 Å². The van der Waals surface area contributed by atoms with E-state index in [-0.39, 0.29) is 15.5 Å². The molecular weight excluding hydrogens is 292 g/mol. The van der Waals surface area contributed by atoms with Crippen LogP contribution in [0.25, 0.3) is 0 Å². The summed E-state index contributed by atoms with van der Waals surface area (Å²) in [6.07, 6.45) is 1.73. The van der Waals surface area contributed by atoms with Crippen LogP contribution in [0, 0.1) is 6.92 Å². The van der Waals surface area contributed by atoms with E-state index in [0.29, 0.717) is 17.8 Å². The summed E-state index contributed by atoms with van der Waals surface area (Å²) in [4.78, 5) is 8.81. The van der Waals surface area contributed by atoms with Crippen molar-refractivity contribution < 1.29 is 17.8 Å². The Morgan fingerprint density at radius 1 is 1.47 bits per heavy atom. The molecule has 0 saturated carbocycles. The molecular formula is C11H13ClN2O4S. The zero-order chi connectivity index (χ0) is 14.4. The summed E-state index contributed by atoms with van der Waals surface area (Å²) in [5.74, 6) is 0. The van der Waals surface area contributed by atoms with Gasteiger partial charge in [0.15, 0.2) is 0 Å². The van der Waals surface area contributed by atoms with Gasteiger partial charge in [-0.3, -0.25) is 9.54 Å². The molecule has 0 fully saturated rings. The second-order valence-corrected chi connectivity index (χ2v) is 6.68. The van der Waals surface area contributed by atoms with E-state index in [2.05, 4.69) is 10.1 Å². The lowest BCUT2D eigenvalue weighted by molar-refractivity contribution is 0.0123. The molecule has 0 amide bonds. The Morgan fingerprint density at radius 3 is 2.58 bits per heavy atom. The van der Waals surface area contributed by atoms with Crippen LogP contribution in [0.3, 0.4) is 0 Å². The zero-order valence-electron chi connectivity index (χ0n) is 10.6. The Bertz CT molecular complexity index is 668. The first-order valence-electron chi connectivity index (χ1n) is 5.50. The van der Waals surface area contributed by atoms with Gasteiger partial charge in [-0.25, -0.2) is 0 Å². The van der Waals surface area contributed by atoms with Crippen molar-refractivity contribution in [2.45, 2.75) is 37.7 Å². The third-order valence-electron chi connectivity index (χ3n) is 2.71. The molecule has 0 atom stereocenters. The minimum Gasteiger partial charge on any atom is -0.389 e. The number of aromatic nitrogens is 1. The van der Waals surface area contributed by atoms with E-state index in [9.17, 15) is 13.0 Å². The Hall–Kier alpha value is -1.18. The second-order valence-electron chi connectivity index (χ2n) is 4.94. The summed E-state index contributed by atoms with van der Waals surface area (Å²) >= 11 is 5.94. The molecule has 0 spiro atoms. The average Bonchev–Trinajstić information content (AvgIpc) is 2.60. The first-order valence-corrected chi connectivity index (χ1v) is 7.31. The van der Waals surface area contributed by atoms with Crippen LogP contribution in [-0.2, 0) is 15.0 Å². The van der Waals surface area contributed by atoms with E-state index < -0.39 is 15.7 Å². The summed E-state index contributed by atoms with van der Waals surface area (Å²) in [5.41, 5.74) is 0.357. The van der Waals surface area contributed by atoms with Crippen LogP contribution in [0.1, 0.15) is 31.5 Å². The Morgan fingerprint density at radius 2 is 2.11 bits per heavy atom. The topological polar surface area (TPSA) is 88.9 Å². The van der Waals surface area contributed by atoms with Gasteiger partial charge in [0.2, 0.25) is 0 Å². The van der Waals surface area contributed by atoms with Crippen molar-refractivity contribution in [1.29, 1.82) is 0 Å². The fourth-order valence-corrected chi connectivity index (χ4v) is 3.07. The van der Waals surface area contributed by atoms with E-state index in [1.807, 2.05) is 13.8 Å². The molecule has 0 radical (unpaired) electrons. The SMILES string of the molecule is Cc1ncc(C2=NOC(C)(C)C2)c(S(=O)(=O)O)c1Cl. The summed E-state index contributed by atoms with van der Waals surface area (Å²) < 4.78 is 32.3. The predicted octanol–water partition coefficient (Wildman–Crippen LogP) is 2.19. The van der Waals surface area contributed by atoms with Crippen molar-refractivity contribution in [3.05, 3.63) is 22.5 Å². The fraction of sp³-hybridized carbons (Fsp3) is 0.455. The summed E-state index contributed by atoms with van der Waals surface area (Å²) in [5, 5.41) is 3.74. The van der Waals surface area contributed by atoms with Crippen LogP contribution in [0.15, 0.2) is 16.2 Å². The lowest BCUT2D eigenvalue weighted by atomic mass is 9.99. The number of rotatable bonds is 2. The minimum absolute atomic E-state index is 0.104. The molecule has 1 N–H and O–H groups in total.